The first-order chi connectivity index (χ1) is 6.61. The summed E-state index contributed by atoms with van der Waals surface area (Å²) in [6, 6.07) is 0.574. The van der Waals surface area contributed by atoms with Gasteiger partial charge in [-0.3, -0.25) is 4.90 Å². The van der Waals surface area contributed by atoms with Gasteiger partial charge in [0.25, 0.3) is 0 Å². The van der Waals surface area contributed by atoms with Gasteiger partial charge in [-0.15, -0.1) is 0 Å². The number of nitrogens with zero attached hydrogens (tertiary/aromatic N) is 1. The van der Waals surface area contributed by atoms with E-state index in [-0.39, 0.29) is 0 Å². The van der Waals surface area contributed by atoms with Crippen molar-refractivity contribution in [1.29, 1.82) is 0 Å². The quantitative estimate of drug-likeness (QED) is 0.737. The van der Waals surface area contributed by atoms with Crippen molar-refractivity contribution in [2.45, 2.75) is 33.2 Å². The van der Waals surface area contributed by atoms with Crippen LogP contribution in [0.3, 0.4) is 0 Å². The Hall–Kier alpha value is -0.760. The van der Waals surface area contributed by atoms with Crippen molar-refractivity contribution in [2.24, 2.45) is 0 Å². The molecule has 1 rings (SSSR count). The molecular formula is C12H22N2. The molecule has 2 nitrogen and oxygen atoms in total. The molecule has 0 aliphatic carbocycles. The number of hydrogen-bond acceptors (Lipinski definition) is 2. The molecule has 0 aromatic heterocycles. The molecule has 1 heterocycles. The fourth-order valence-corrected chi connectivity index (χ4v) is 2.12. The number of hydrogen-bond donors (Lipinski definition) is 1. The van der Waals surface area contributed by atoms with Gasteiger partial charge in [-0.2, -0.15) is 0 Å². The minimum atomic E-state index is 0.574. The maximum atomic E-state index is 4.10. The molecule has 1 aliphatic rings. The van der Waals surface area contributed by atoms with Gasteiger partial charge < -0.3 is 5.32 Å². The third-order valence-corrected chi connectivity index (χ3v) is 3.10. The van der Waals surface area contributed by atoms with Gasteiger partial charge in [0.2, 0.25) is 0 Å². The van der Waals surface area contributed by atoms with Crippen molar-refractivity contribution < 1.29 is 0 Å². The van der Waals surface area contributed by atoms with Crippen LogP contribution in [0.4, 0.5) is 0 Å². The smallest absolute Gasteiger partial charge is 0.0312 e. The zero-order valence-corrected chi connectivity index (χ0v) is 9.85. The van der Waals surface area contributed by atoms with Gasteiger partial charge in [0.15, 0.2) is 0 Å². The lowest BCUT2D eigenvalue weighted by atomic mass is 10.0. The van der Waals surface area contributed by atoms with E-state index in [1.807, 2.05) is 0 Å². The van der Waals surface area contributed by atoms with E-state index in [9.17, 15) is 0 Å². The molecule has 0 spiro atoms. The van der Waals surface area contributed by atoms with Gasteiger partial charge in [-0.05, 0) is 38.5 Å². The maximum Gasteiger partial charge on any atom is 0.0312 e. The Morgan fingerprint density at radius 2 is 2.21 bits per heavy atom. The number of rotatable bonds is 4. The molecule has 1 aliphatic heterocycles. The highest BCUT2D eigenvalue weighted by Crippen LogP contribution is 2.28. The summed E-state index contributed by atoms with van der Waals surface area (Å²) < 4.78 is 0. The van der Waals surface area contributed by atoms with E-state index in [1.54, 1.807) is 5.57 Å². The SMILES string of the molecule is C=C(NCC)C1=C(CC)C(C)N(C)C1. The van der Waals surface area contributed by atoms with Crippen LogP contribution in [0.15, 0.2) is 23.4 Å². The van der Waals surface area contributed by atoms with Crippen LogP contribution in [0.2, 0.25) is 0 Å². The number of likely N-dealkylation sites (N-methyl/N-ethyl adjacent to an activating group) is 2. The highest BCUT2D eigenvalue weighted by Gasteiger charge is 2.26. The molecule has 0 aromatic carbocycles. The van der Waals surface area contributed by atoms with E-state index < -0.39 is 0 Å². The molecule has 0 radical (unpaired) electrons. The molecule has 80 valence electrons. The van der Waals surface area contributed by atoms with Crippen LogP contribution in [-0.2, 0) is 0 Å². The highest BCUT2D eigenvalue weighted by molar-refractivity contribution is 5.39. The lowest BCUT2D eigenvalue weighted by Gasteiger charge is -2.16. The Kier molecular flexibility index (Phi) is 3.76. The Balaban J connectivity index is 2.84. The van der Waals surface area contributed by atoms with Crippen molar-refractivity contribution >= 4 is 0 Å². The summed E-state index contributed by atoms with van der Waals surface area (Å²) in [7, 11) is 2.17. The molecule has 0 fully saturated rings. The molecule has 1 atom stereocenters. The average Bonchev–Trinajstić information content (AvgIpc) is 2.44. The lowest BCUT2D eigenvalue weighted by Crippen LogP contribution is -2.25. The summed E-state index contributed by atoms with van der Waals surface area (Å²) in [5.41, 5.74) is 4.07. The van der Waals surface area contributed by atoms with Crippen molar-refractivity contribution in [1.82, 2.24) is 10.2 Å². The molecule has 0 saturated carbocycles. The maximum absolute atomic E-state index is 4.10. The predicted octanol–water partition coefficient (Wildman–Crippen LogP) is 2.15. The van der Waals surface area contributed by atoms with Crippen molar-refractivity contribution in [2.75, 3.05) is 20.1 Å². The monoisotopic (exact) mass is 194 g/mol. The highest BCUT2D eigenvalue weighted by atomic mass is 15.1. The van der Waals surface area contributed by atoms with Gasteiger partial charge in [-0.25, -0.2) is 0 Å². The minimum Gasteiger partial charge on any atom is -0.386 e. The van der Waals surface area contributed by atoms with E-state index >= 15 is 0 Å². The normalized spacial score (nSPS) is 23.0. The van der Waals surface area contributed by atoms with E-state index in [0.717, 1.165) is 25.2 Å². The van der Waals surface area contributed by atoms with E-state index in [1.165, 1.54) is 5.57 Å². The van der Waals surface area contributed by atoms with Crippen LogP contribution in [0, 0.1) is 0 Å². The topological polar surface area (TPSA) is 15.3 Å². The Labute approximate surface area is 87.7 Å². The van der Waals surface area contributed by atoms with Crippen molar-refractivity contribution in [3.05, 3.63) is 23.4 Å². The predicted molar refractivity (Wildman–Crippen MR) is 62.2 cm³/mol. The van der Waals surface area contributed by atoms with E-state index in [4.69, 9.17) is 0 Å². The first-order valence-corrected chi connectivity index (χ1v) is 5.47. The van der Waals surface area contributed by atoms with Crippen LogP contribution in [-0.4, -0.2) is 31.1 Å². The fourth-order valence-electron chi connectivity index (χ4n) is 2.12. The van der Waals surface area contributed by atoms with Gasteiger partial charge in [0.05, 0.1) is 0 Å². The Bertz CT molecular complexity index is 253. The average molecular weight is 194 g/mol. The van der Waals surface area contributed by atoms with Crippen LogP contribution in [0.1, 0.15) is 27.2 Å². The third kappa shape index (κ3) is 2.01. The molecular weight excluding hydrogens is 172 g/mol. The summed E-state index contributed by atoms with van der Waals surface area (Å²) in [6.07, 6.45) is 1.13. The van der Waals surface area contributed by atoms with Crippen LogP contribution in [0.25, 0.3) is 0 Å². The molecule has 2 heteroatoms. The molecule has 0 bridgehead atoms. The summed E-state index contributed by atoms with van der Waals surface area (Å²) in [5.74, 6) is 0. The molecule has 0 amide bonds. The molecule has 0 saturated heterocycles. The molecule has 1 N–H and O–H groups in total. The zero-order chi connectivity index (χ0) is 10.7. The van der Waals surface area contributed by atoms with Gasteiger partial charge in [0.1, 0.15) is 0 Å². The van der Waals surface area contributed by atoms with E-state index in [2.05, 4.69) is 44.6 Å². The number of nitrogens with one attached hydrogen (secondary N) is 1. The van der Waals surface area contributed by atoms with Crippen LogP contribution >= 0.6 is 0 Å². The van der Waals surface area contributed by atoms with Crippen LogP contribution in [0.5, 0.6) is 0 Å². The summed E-state index contributed by atoms with van der Waals surface area (Å²) in [5, 5.41) is 3.31. The van der Waals surface area contributed by atoms with Gasteiger partial charge >= 0.3 is 0 Å². The first kappa shape index (κ1) is 11.3. The molecule has 1 unspecified atom stereocenters. The fraction of sp³-hybridized carbons (Fsp3) is 0.667. The third-order valence-electron chi connectivity index (χ3n) is 3.10. The van der Waals surface area contributed by atoms with Crippen LogP contribution < -0.4 is 5.32 Å². The Morgan fingerprint density at radius 1 is 1.57 bits per heavy atom. The Morgan fingerprint density at radius 3 is 2.71 bits per heavy atom. The second-order valence-corrected chi connectivity index (χ2v) is 3.96. The second-order valence-electron chi connectivity index (χ2n) is 3.96. The minimum absolute atomic E-state index is 0.574. The zero-order valence-electron chi connectivity index (χ0n) is 9.85. The largest absolute Gasteiger partial charge is 0.386 e. The molecule has 14 heavy (non-hydrogen) atoms. The van der Waals surface area contributed by atoms with E-state index in [0.29, 0.717) is 6.04 Å². The first-order valence-electron chi connectivity index (χ1n) is 5.47. The second kappa shape index (κ2) is 4.65. The lowest BCUT2D eigenvalue weighted by molar-refractivity contribution is 0.338. The van der Waals surface area contributed by atoms with Gasteiger partial charge in [-0.1, -0.05) is 13.5 Å². The van der Waals surface area contributed by atoms with Crippen molar-refractivity contribution in [3.8, 4) is 0 Å². The standard InChI is InChI=1S/C12H22N2/c1-6-11-10(4)14(5)8-12(11)9(3)13-7-2/h10,13H,3,6-8H2,1-2,4-5H3. The summed E-state index contributed by atoms with van der Waals surface area (Å²) in [6.45, 7) is 12.7. The summed E-state index contributed by atoms with van der Waals surface area (Å²) >= 11 is 0. The van der Waals surface area contributed by atoms with Crippen molar-refractivity contribution in [3.63, 3.8) is 0 Å². The molecule has 0 aromatic rings. The summed E-state index contributed by atoms with van der Waals surface area (Å²) in [4.78, 5) is 2.37. The van der Waals surface area contributed by atoms with Gasteiger partial charge in [0, 0.05) is 24.8 Å².